The molecule has 0 aromatic carbocycles. The third-order valence-corrected chi connectivity index (χ3v) is 2.98. The number of rotatable bonds is 7. The molecule has 16 heavy (non-hydrogen) atoms. The minimum atomic E-state index is -0.248. The smallest absolute Gasteiger partial charge is 0.323 e. The van der Waals surface area contributed by atoms with Crippen molar-refractivity contribution in [1.29, 1.82) is 0 Å². The fraction of sp³-hybridized carbons (Fsp3) is 0.818. The monoisotopic (exact) mass is 246 g/mol. The summed E-state index contributed by atoms with van der Waals surface area (Å²) in [4.78, 5) is 14.1. The molecular weight excluding hydrogens is 224 g/mol. The number of hydrogen-bond donors (Lipinski definition) is 1. The lowest BCUT2D eigenvalue weighted by Crippen LogP contribution is -2.44. The van der Waals surface area contributed by atoms with Crippen LogP contribution < -0.4 is 5.73 Å². The van der Waals surface area contributed by atoms with E-state index in [9.17, 15) is 4.79 Å². The molecule has 0 radical (unpaired) electrons. The van der Waals surface area contributed by atoms with Crippen LogP contribution in [-0.4, -0.2) is 41.6 Å². The number of esters is 1. The van der Waals surface area contributed by atoms with Crippen molar-refractivity contribution in [1.82, 2.24) is 4.90 Å². The molecule has 0 aromatic rings. The first kappa shape index (κ1) is 15.3. The fourth-order valence-corrected chi connectivity index (χ4v) is 1.49. The van der Waals surface area contributed by atoms with E-state index in [1.807, 2.05) is 25.7 Å². The van der Waals surface area contributed by atoms with Crippen LogP contribution in [0, 0.1) is 5.92 Å². The van der Waals surface area contributed by atoms with Gasteiger partial charge in [-0.25, -0.2) is 0 Å². The number of likely N-dealkylation sites (N-methyl/N-ethyl adjacent to an activating group) is 1. The molecule has 0 heterocycles. The van der Waals surface area contributed by atoms with Crippen molar-refractivity contribution in [3.63, 3.8) is 0 Å². The van der Waals surface area contributed by atoms with Crippen LogP contribution in [0.3, 0.4) is 0 Å². The van der Waals surface area contributed by atoms with Crippen LogP contribution in [0.25, 0.3) is 0 Å². The van der Waals surface area contributed by atoms with Crippen LogP contribution in [0.5, 0.6) is 0 Å². The van der Waals surface area contributed by atoms with E-state index in [-0.39, 0.29) is 17.9 Å². The number of thiocarbonyl (C=S) groups is 1. The second-order valence-corrected chi connectivity index (χ2v) is 4.29. The Morgan fingerprint density at radius 3 is 2.38 bits per heavy atom. The van der Waals surface area contributed by atoms with Crippen LogP contribution in [0.1, 0.15) is 27.7 Å². The molecule has 2 unspecified atom stereocenters. The molecule has 0 amide bonds. The summed E-state index contributed by atoms with van der Waals surface area (Å²) in [5, 5.41) is 0. The first-order valence-electron chi connectivity index (χ1n) is 5.63. The predicted octanol–water partition coefficient (Wildman–Crippen LogP) is 1.18. The number of ether oxygens (including phenoxy) is 1. The maximum Gasteiger partial charge on any atom is 0.323 e. The highest BCUT2D eigenvalue weighted by Gasteiger charge is 2.23. The Morgan fingerprint density at radius 1 is 1.44 bits per heavy atom. The zero-order chi connectivity index (χ0) is 12.7. The maximum absolute atomic E-state index is 11.6. The standard InChI is InChI=1S/C11H22N2O2S/c1-5-13(7-8(3)10(12)16)9(4)11(14)15-6-2/h8-9H,5-7H2,1-4H3,(H2,12,16). The highest BCUT2D eigenvalue weighted by Crippen LogP contribution is 2.06. The molecule has 5 heteroatoms. The number of carbonyl (C=O) groups is 1. The molecule has 0 spiro atoms. The van der Waals surface area contributed by atoms with Crippen molar-refractivity contribution in [2.24, 2.45) is 11.7 Å². The van der Waals surface area contributed by atoms with Crippen molar-refractivity contribution in [2.75, 3.05) is 19.7 Å². The van der Waals surface area contributed by atoms with Crippen molar-refractivity contribution in [3.05, 3.63) is 0 Å². The predicted molar refractivity (Wildman–Crippen MR) is 69.3 cm³/mol. The minimum Gasteiger partial charge on any atom is -0.465 e. The van der Waals surface area contributed by atoms with Gasteiger partial charge in [0.05, 0.1) is 11.6 Å². The van der Waals surface area contributed by atoms with E-state index in [0.29, 0.717) is 18.1 Å². The molecular formula is C11H22N2O2S. The Bertz CT molecular complexity index is 246. The van der Waals surface area contributed by atoms with Gasteiger partial charge in [0, 0.05) is 12.5 Å². The van der Waals surface area contributed by atoms with Gasteiger partial charge in [-0.2, -0.15) is 0 Å². The average molecular weight is 246 g/mol. The summed E-state index contributed by atoms with van der Waals surface area (Å²) in [6.45, 7) is 9.47. The van der Waals surface area contributed by atoms with Gasteiger partial charge < -0.3 is 10.5 Å². The topological polar surface area (TPSA) is 55.6 Å². The van der Waals surface area contributed by atoms with Crippen LogP contribution in [0.15, 0.2) is 0 Å². The Kier molecular flexibility index (Phi) is 7.25. The lowest BCUT2D eigenvalue weighted by atomic mass is 10.1. The molecule has 2 N–H and O–H groups in total. The fourth-order valence-electron chi connectivity index (χ4n) is 1.41. The van der Waals surface area contributed by atoms with Gasteiger partial charge in [0.25, 0.3) is 0 Å². The maximum atomic E-state index is 11.6. The van der Waals surface area contributed by atoms with E-state index in [4.69, 9.17) is 22.7 Å². The molecule has 0 fully saturated rings. The summed E-state index contributed by atoms with van der Waals surface area (Å²) in [5.41, 5.74) is 5.56. The van der Waals surface area contributed by atoms with Crippen LogP contribution >= 0.6 is 12.2 Å². The molecule has 4 nitrogen and oxygen atoms in total. The number of carbonyl (C=O) groups excluding carboxylic acids is 1. The SMILES string of the molecule is CCOC(=O)C(C)N(CC)CC(C)C(N)=S. The normalized spacial score (nSPS) is 14.6. The summed E-state index contributed by atoms with van der Waals surface area (Å²) >= 11 is 4.92. The summed E-state index contributed by atoms with van der Waals surface area (Å²) in [6.07, 6.45) is 0. The lowest BCUT2D eigenvalue weighted by Gasteiger charge is -2.28. The molecule has 0 saturated carbocycles. The minimum absolute atomic E-state index is 0.104. The second-order valence-electron chi connectivity index (χ2n) is 3.82. The molecule has 0 aliphatic heterocycles. The summed E-state index contributed by atoms with van der Waals surface area (Å²) in [7, 11) is 0. The molecule has 0 aliphatic carbocycles. The van der Waals surface area contributed by atoms with E-state index < -0.39 is 0 Å². The molecule has 0 saturated heterocycles. The number of nitrogens with two attached hydrogens (primary N) is 1. The lowest BCUT2D eigenvalue weighted by molar-refractivity contribution is -0.148. The van der Waals surface area contributed by atoms with Crippen molar-refractivity contribution in [3.8, 4) is 0 Å². The molecule has 0 rings (SSSR count). The molecule has 94 valence electrons. The first-order valence-corrected chi connectivity index (χ1v) is 6.04. The van der Waals surface area contributed by atoms with E-state index in [1.165, 1.54) is 0 Å². The van der Waals surface area contributed by atoms with Crippen molar-refractivity contribution in [2.45, 2.75) is 33.7 Å². The van der Waals surface area contributed by atoms with Crippen LogP contribution in [-0.2, 0) is 9.53 Å². The van der Waals surface area contributed by atoms with E-state index >= 15 is 0 Å². The van der Waals surface area contributed by atoms with Gasteiger partial charge in [-0.3, -0.25) is 9.69 Å². The molecule has 0 aliphatic rings. The molecule has 0 bridgehead atoms. The third-order valence-electron chi connectivity index (χ3n) is 2.58. The Morgan fingerprint density at radius 2 is 2.00 bits per heavy atom. The summed E-state index contributed by atoms with van der Waals surface area (Å²) < 4.78 is 4.98. The Labute approximate surface area is 103 Å². The highest BCUT2D eigenvalue weighted by molar-refractivity contribution is 7.80. The highest BCUT2D eigenvalue weighted by atomic mass is 32.1. The van der Waals surface area contributed by atoms with Crippen molar-refractivity contribution >= 4 is 23.2 Å². The third kappa shape index (κ3) is 4.90. The van der Waals surface area contributed by atoms with Gasteiger partial charge >= 0.3 is 5.97 Å². The largest absolute Gasteiger partial charge is 0.465 e. The van der Waals surface area contributed by atoms with Gasteiger partial charge in [-0.15, -0.1) is 0 Å². The Hall–Kier alpha value is -0.680. The van der Waals surface area contributed by atoms with E-state index in [0.717, 1.165) is 6.54 Å². The van der Waals surface area contributed by atoms with Gasteiger partial charge in [0.15, 0.2) is 0 Å². The first-order chi connectivity index (χ1) is 7.43. The Balaban J connectivity index is 4.37. The second kappa shape index (κ2) is 7.57. The average Bonchev–Trinajstić information content (AvgIpc) is 2.24. The van der Waals surface area contributed by atoms with Gasteiger partial charge in [0.1, 0.15) is 6.04 Å². The van der Waals surface area contributed by atoms with Crippen LogP contribution in [0.2, 0.25) is 0 Å². The molecule has 2 atom stereocenters. The summed E-state index contributed by atoms with van der Waals surface area (Å²) in [5.74, 6) is -0.0914. The van der Waals surface area contributed by atoms with Gasteiger partial charge in [0.2, 0.25) is 0 Å². The summed E-state index contributed by atoms with van der Waals surface area (Å²) in [6, 6.07) is -0.248. The van der Waals surface area contributed by atoms with Crippen LogP contribution in [0.4, 0.5) is 0 Å². The number of hydrogen-bond acceptors (Lipinski definition) is 4. The molecule has 0 aromatic heterocycles. The van der Waals surface area contributed by atoms with E-state index in [2.05, 4.69) is 0 Å². The van der Waals surface area contributed by atoms with Gasteiger partial charge in [-0.05, 0) is 20.4 Å². The quantitative estimate of drug-likeness (QED) is 0.540. The van der Waals surface area contributed by atoms with Crippen molar-refractivity contribution < 1.29 is 9.53 Å². The zero-order valence-corrected chi connectivity index (χ0v) is 11.3. The van der Waals surface area contributed by atoms with E-state index in [1.54, 1.807) is 6.92 Å². The zero-order valence-electron chi connectivity index (χ0n) is 10.5. The number of nitrogens with zero attached hydrogens (tertiary/aromatic N) is 1. The van der Waals surface area contributed by atoms with Gasteiger partial charge in [-0.1, -0.05) is 26.1 Å².